The molecule has 0 amide bonds. The molecule has 1 nitrogen and oxygen atoms in total. The van der Waals surface area contributed by atoms with E-state index in [1.54, 1.807) is 12.1 Å². The van der Waals surface area contributed by atoms with Crippen molar-refractivity contribution in [2.24, 2.45) is 0 Å². The van der Waals surface area contributed by atoms with E-state index < -0.39 is 0 Å². The highest BCUT2D eigenvalue weighted by Gasteiger charge is 2.07. The molecule has 3 aromatic rings. The van der Waals surface area contributed by atoms with Gasteiger partial charge < -0.3 is 4.57 Å². The molecule has 0 saturated heterocycles. The Morgan fingerprint density at radius 2 is 1.65 bits per heavy atom. The monoisotopic (exact) mass is 245 g/mol. The fourth-order valence-corrected chi connectivity index (χ4v) is 2.21. The van der Waals surface area contributed by atoms with Crippen molar-refractivity contribution in [3.05, 3.63) is 65.6 Å². The van der Waals surface area contributed by atoms with Gasteiger partial charge in [-0.25, -0.2) is 4.39 Å². The van der Waals surface area contributed by atoms with Crippen LogP contribution in [0.2, 0.25) is 5.02 Å². The zero-order chi connectivity index (χ0) is 11.8. The lowest BCUT2D eigenvalue weighted by Gasteiger charge is -2.04. The minimum absolute atomic E-state index is 0.240. The predicted molar refractivity (Wildman–Crippen MR) is 68.2 cm³/mol. The Morgan fingerprint density at radius 3 is 2.41 bits per heavy atom. The summed E-state index contributed by atoms with van der Waals surface area (Å²) in [5.41, 5.74) is 1.92. The lowest BCUT2D eigenvalue weighted by Crippen LogP contribution is -1.91. The molecule has 2 aromatic carbocycles. The Morgan fingerprint density at radius 1 is 0.941 bits per heavy atom. The van der Waals surface area contributed by atoms with Crippen molar-refractivity contribution in [3.8, 4) is 5.69 Å². The van der Waals surface area contributed by atoms with Gasteiger partial charge in [-0.3, -0.25) is 0 Å². The normalized spacial score (nSPS) is 10.9. The third-order valence-electron chi connectivity index (χ3n) is 2.77. The zero-order valence-electron chi connectivity index (χ0n) is 8.90. The second kappa shape index (κ2) is 3.90. The Kier molecular flexibility index (Phi) is 2.37. The quantitative estimate of drug-likeness (QED) is 0.598. The molecule has 0 bridgehead atoms. The Hall–Kier alpha value is -1.80. The van der Waals surface area contributed by atoms with Gasteiger partial charge >= 0.3 is 0 Å². The number of para-hydroxylation sites is 1. The summed E-state index contributed by atoms with van der Waals surface area (Å²) in [5, 5.41) is 1.70. The molecular formula is C14H9ClFN. The number of fused-ring (bicyclic) bond motifs is 1. The van der Waals surface area contributed by atoms with Gasteiger partial charge in [0, 0.05) is 17.3 Å². The number of hydrogen-bond donors (Lipinski definition) is 0. The average Bonchev–Trinajstić information content (AvgIpc) is 2.69. The largest absolute Gasteiger partial charge is 0.315 e. The number of benzene rings is 2. The summed E-state index contributed by atoms with van der Waals surface area (Å²) in [6.07, 6.45) is 1.85. The van der Waals surface area contributed by atoms with Gasteiger partial charge in [-0.2, -0.15) is 0 Å². The Balaban J connectivity index is 2.27. The van der Waals surface area contributed by atoms with Crippen LogP contribution in [0.15, 0.2) is 54.7 Å². The fourth-order valence-electron chi connectivity index (χ4n) is 1.95. The van der Waals surface area contributed by atoms with Crippen LogP contribution in [0.3, 0.4) is 0 Å². The molecule has 84 valence electrons. The number of hydrogen-bond acceptors (Lipinski definition) is 0. The third-order valence-corrected chi connectivity index (χ3v) is 3.07. The molecule has 1 heterocycles. The lowest BCUT2D eigenvalue weighted by atomic mass is 10.2. The van der Waals surface area contributed by atoms with Gasteiger partial charge in [0.15, 0.2) is 0 Å². The zero-order valence-corrected chi connectivity index (χ0v) is 9.66. The van der Waals surface area contributed by atoms with Gasteiger partial charge in [-0.15, -0.1) is 0 Å². The molecule has 0 atom stereocenters. The van der Waals surface area contributed by atoms with Crippen LogP contribution >= 0.6 is 11.6 Å². The summed E-state index contributed by atoms with van der Waals surface area (Å²) in [7, 11) is 0. The molecule has 0 aliphatic rings. The Bertz CT molecular complexity index is 670. The van der Waals surface area contributed by atoms with E-state index in [4.69, 9.17) is 11.6 Å². The van der Waals surface area contributed by atoms with E-state index in [2.05, 4.69) is 0 Å². The van der Waals surface area contributed by atoms with Crippen LogP contribution in [0.4, 0.5) is 4.39 Å². The first-order chi connectivity index (χ1) is 8.25. The molecule has 0 fully saturated rings. The van der Waals surface area contributed by atoms with E-state index >= 15 is 0 Å². The van der Waals surface area contributed by atoms with Crippen molar-refractivity contribution in [2.75, 3.05) is 0 Å². The van der Waals surface area contributed by atoms with E-state index in [1.807, 2.05) is 35.0 Å². The van der Waals surface area contributed by atoms with E-state index in [0.29, 0.717) is 5.02 Å². The summed E-state index contributed by atoms with van der Waals surface area (Å²) < 4.78 is 14.8. The van der Waals surface area contributed by atoms with E-state index in [0.717, 1.165) is 16.6 Å². The van der Waals surface area contributed by atoms with Crippen LogP contribution in [-0.2, 0) is 0 Å². The second-order valence-electron chi connectivity index (χ2n) is 3.84. The maximum atomic E-state index is 12.9. The van der Waals surface area contributed by atoms with Crippen LogP contribution in [0.1, 0.15) is 0 Å². The molecule has 0 aliphatic carbocycles. The summed E-state index contributed by atoms with van der Waals surface area (Å²) in [5.74, 6) is -0.240. The van der Waals surface area contributed by atoms with Gasteiger partial charge in [-0.05, 0) is 30.3 Å². The van der Waals surface area contributed by atoms with Crippen LogP contribution in [0.5, 0.6) is 0 Å². The van der Waals surface area contributed by atoms with Crippen LogP contribution in [-0.4, -0.2) is 4.57 Å². The number of rotatable bonds is 1. The minimum Gasteiger partial charge on any atom is -0.315 e. The summed E-state index contributed by atoms with van der Waals surface area (Å²) in [6.45, 7) is 0. The molecule has 0 aliphatic heterocycles. The average molecular weight is 246 g/mol. The van der Waals surface area contributed by atoms with Gasteiger partial charge in [-0.1, -0.05) is 29.8 Å². The highest BCUT2D eigenvalue weighted by atomic mass is 35.5. The topological polar surface area (TPSA) is 4.93 Å². The molecule has 17 heavy (non-hydrogen) atoms. The summed E-state index contributed by atoms with van der Waals surface area (Å²) in [6, 6.07) is 14.2. The first kappa shape index (κ1) is 10.4. The molecular weight excluding hydrogens is 237 g/mol. The van der Waals surface area contributed by atoms with Crippen molar-refractivity contribution >= 4 is 22.5 Å². The van der Waals surface area contributed by atoms with Gasteiger partial charge in [0.1, 0.15) is 5.82 Å². The highest BCUT2D eigenvalue weighted by Crippen LogP contribution is 2.28. The van der Waals surface area contributed by atoms with Crippen molar-refractivity contribution in [1.29, 1.82) is 0 Å². The highest BCUT2D eigenvalue weighted by molar-refractivity contribution is 6.35. The smallest absolute Gasteiger partial charge is 0.123 e. The summed E-state index contributed by atoms with van der Waals surface area (Å²) in [4.78, 5) is 0. The standard InChI is InChI=1S/C14H9ClFN/c15-13-9-17(11-7-5-10(16)6-8-11)14-4-2-1-3-12(13)14/h1-9H. The van der Waals surface area contributed by atoms with Gasteiger partial charge in [0.05, 0.1) is 10.5 Å². The molecule has 0 unspecified atom stereocenters. The number of halogens is 2. The lowest BCUT2D eigenvalue weighted by molar-refractivity contribution is 0.627. The molecule has 0 N–H and O–H groups in total. The molecule has 0 radical (unpaired) electrons. The molecule has 1 aromatic heterocycles. The van der Waals surface area contributed by atoms with Crippen molar-refractivity contribution in [2.45, 2.75) is 0 Å². The SMILES string of the molecule is Fc1ccc(-n2cc(Cl)c3ccccc32)cc1. The van der Waals surface area contributed by atoms with E-state index in [9.17, 15) is 4.39 Å². The van der Waals surface area contributed by atoms with E-state index in [1.165, 1.54) is 12.1 Å². The maximum Gasteiger partial charge on any atom is 0.123 e. The summed E-state index contributed by atoms with van der Waals surface area (Å²) >= 11 is 6.16. The molecule has 3 rings (SSSR count). The first-order valence-corrected chi connectivity index (χ1v) is 5.65. The molecule has 0 spiro atoms. The number of aromatic nitrogens is 1. The van der Waals surface area contributed by atoms with Crippen LogP contribution < -0.4 is 0 Å². The minimum atomic E-state index is -0.240. The van der Waals surface area contributed by atoms with Crippen molar-refractivity contribution in [3.63, 3.8) is 0 Å². The van der Waals surface area contributed by atoms with E-state index in [-0.39, 0.29) is 5.82 Å². The molecule has 0 saturated carbocycles. The Labute approximate surface area is 103 Å². The second-order valence-corrected chi connectivity index (χ2v) is 4.25. The maximum absolute atomic E-state index is 12.9. The van der Waals surface area contributed by atoms with Crippen LogP contribution in [0, 0.1) is 5.82 Å². The van der Waals surface area contributed by atoms with Crippen molar-refractivity contribution in [1.82, 2.24) is 4.57 Å². The number of nitrogens with zero attached hydrogens (tertiary/aromatic N) is 1. The van der Waals surface area contributed by atoms with Crippen molar-refractivity contribution < 1.29 is 4.39 Å². The van der Waals surface area contributed by atoms with Gasteiger partial charge in [0.25, 0.3) is 0 Å². The first-order valence-electron chi connectivity index (χ1n) is 5.27. The predicted octanol–water partition coefficient (Wildman–Crippen LogP) is 4.42. The third kappa shape index (κ3) is 1.71. The fraction of sp³-hybridized carbons (Fsp3) is 0. The van der Waals surface area contributed by atoms with Gasteiger partial charge in [0.2, 0.25) is 0 Å². The molecule has 3 heteroatoms. The van der Waals surface area contributed by atoms with Crippen LogP contribution in [0.25, 0.3) is 16.6 Å².